The van der Waals surface area contributed by atoms with Gasteiger partial charge in [0.1, 0.15) is 0 Å². The Morgan fingerprint density at radius 3 is 2.60 bits per heavy atom. The maximum absolute atomic E-state index is 2.38. The maximum atomic E-state index is 2.38. The fourth-order valence-corrected chi connectivity index (χ4v) is 3.29. The van der Waals surface area contributed by atoms with Crippen LogP contribution in [0.2, 0.25) is 0 Å². The molecule has 1 atom stereocenters. The number of halogens is 1. The molecule has 0 rings (SSSR count). The quantitative estimate of drug-likeness (QED) is 0.509. The van der Waals surface area contributed by atoms with Crippen molar-refractivity contribution in [2.24, 2.45) is 0 Å². The Bertz CT molecular complexity index is 17.1. The summed E-state index contributed by atoms with van der Waals surface area (Å²) in [7, 11) is 0. The molecule has 0 aliphatic heterocycles. The van der Waals surface area contributed by atoms with E-state index in [2.05, 4.69) is 29.0 Å². The van der Waals surface area contributed by atoms with Crippen molar-refractivity contribution >= 4 is 38.8 Å². The molecule has 3 heteroatoms. The Labute approximate surface area is 51.5 Å². The Balaban J connectivity index is 2.19. The van der Waals surface area contributed by atoms with Crippen molar-refractivity contribution in [3.05, 3.63) is 0 Å². The van der Waals surface area contributed by atoms with Gasteiger partial charge >= 0.3 is 0 Å². The number of hydrogen-bond acceptors (Lipinski definition) is 1. The van der Waals surface area contributed by atoms with Crippen LogP contribution in [0, 0.1) is 0 Å². The molecular formula is C2H6IPS. The molecule has 0 aliphatic rings. The predicted molar refractivity (Wildman–Crippen MR) is 40.5 cm³/mol. The summed E-state index contributed by atoms with van der Waals surface area (Å²) in [5, 5.41) is 0. The highest BCUT2D eigenvalue weighted by Crippen LogP contribution is 2.36. The van der Waals surface area contributed by atoms with Crippen LogP contribution in [0.25, 0.3) is 0 Å². The largest absolute Gasteiger partial charge is 0.127 e. The van der Waals surface area contributed by atoms with Gasteiger partial charge < -0.3 is 0 Å². The highest BCUT2D eigenvalue weighted by atomic mass is 127. The predicted octanol–water partition coefficient (Wildman–Crippen LogP) is 2.68. The zero-order chi connectivity index (χ0) is 4.12. The zero-order valence-corrected chi connectivity index (χ0v) is 6.97. The standard InChI is InChI=1S/C2H6IPS/c1-2-5-4-3/h4H,2H2,1H3. The highest BCUT2D eigenvalue weighted by Gasteiger charge is 1.68. The van der Waals surface area contributed by atoms with Gasteiger partial charge in [0, 0.05) is 5.43 Å². The monoisotopic (exact) mass is 220 g/mol. The van der Waals surface area contributed by atoms with E-state index in [0.717, 1.165) is 5.43 Å². The lowest BCUT2D eigenvalue weighted by molar-refractivity contribution is 1.54. The normalized spacial score (nSPS) is 10.8. The van der Waals surface area contributed by atoms with Crippen molar-refractivity contribution in [3.8, 4) is 0 Å². The Morgan fingerprint density at radius 1 is 2.00 bits per heavy atom. The summed E-state index contributed by atoms with van der Waals surface area (Å²) >= 11 is 4.36. The highest BCUT2D eigenvalue weighted by molar-refractivity contribution is 14.2. The molecule has 0 radical (unpaired) electrons. The van der Waals surface area contributed by atoms with Crippen molar-refractivity contribution in [1.82, 2.24) is 0 Å². The summed E-state index contributed by atoms with van der Waals surface area (Å²) in [6, 6.07) is 0. The van der Waals surface area contributed by atoms with Crippen molar-refractivity contribution in [1.29, 1.82) is 0 Å². The second kappa shape index (κ2) is 5.51. The Hall–Kier alpha value is 1.51. The summed E-state index contributed by atoms with van der Waals surface area (Å²) in [5.41, 5.74) is 1.04. The first-order chi connectivity index (χ1) is 2.41. The Kier molecular flexibility index (Phi) is 7.17. The summed E-state index contributed by atoms with van der Waals surface area (Å²) in [5.74, 6) is 1.27. The third kappa shape index (κ3) is 5.51. The van der Waals surface area contributed by atoms with Gasteiger partial charge in [-0.25, -0.2) is 0 Å². The van der Waals surface area contributed by atoms with Gasteiger partial charge in [-0.15, -0.1) is 11.4 Å². The molecule has 1 unspecified atom stereocenters. The molecule has 0 aromatic rings. The fourth-order valence-electron chi connectivity index (χ4n) is 0.0546. The lowest BCUT2D eigenvalue weighted by Crippen LogP contribution is -1.46. The van der Waals surface area contributed by atoms with Gasteiger partial charge in [-0.2, -0.15) is 0 Å². The number of hydrogen-bond donors (Lipinski definition) is 0. The third-order valence-electron chi connectivity index (χ3n) is 0.199. The van der Waals surface area contributed by atoms with Gasteiger partial charge in [0.15, 0.2) is 0 Å². The van der Waals surface area contributed by atoms with E-state index in [4.69, 9.17) is 0 Å². The third-order valence-corrected chi connectivity index (χ3v) is 4.59. The van der Waals surface area contributed by atoms with Crippen LogP contribution in [0.1, 0.15) is 6.92 Å². The van der Waals surface area contributed by atoms with Gasteiger partial charge in [-0.3, -0.25) is 0 Å². The molecule has 0 aliphatic carbocycles. The fraction of sp³-hybridized carbons (Fsp3) is 1.00. The molecule has 5 heavy (non-hydrogen) atoms. The van der Waals surface area contributed by atoms with E-state index in [9.17, 15) is 0 Å². The van der Waals surface area contributed by atoms with Crippen LogP contribution in [-0.2, 0) is 0 Å². The minimum Gasteiger partial charge on any atom is -0.127 e. The van der Waals surface area contributed by atoms with Crippen LogP contribution in [0.5, 0.6) is 0 Å². The van der Waals surface area contributed by atoms with E-state index in [0.29, 0.717) is 0 Å². The van der Waals surface area contributed by atoms with Gasteiger partial charge in [-0.05, 0) is 27.8 Å². The van der Waals surface area contributed by atoms with Crippen molar-refractivity contribution in [2.75, 3.05) is 5.75 Å². The van der Waals surface area contributed by atoms with Crippen LogP contribution in [0.3, 0.4) is 0 Å². The molecule has 32 valence electrons. The molecule has 0 bridgehead atoms. The maximum Gasteiger partial charge on any atom is 0.00406 e. The molecule has 0 saturated heterocycles. The SMILES string of the molecule is CCSPI. The molecule has 0 fully saturated rings. The van der Waals surface area contributed by atoms with E-state index < -0.39 is 0 Å². The molecule has 0 saturated carbocycles. The molecular weight excluding hydrogens is 214 g/mol. The van der Waals surface area contributed by atoms with Crippen LogP contribution in [0.15, 0.2) is 0 Å². The first kappa shape index (κ1) is 6.51. The minimum absolute atomic E-state index is 1.04. The van der Waals surface area contributed by atoms with Gasteiger partial charge in [0.2, 0.25) is 0 Å². The van der Waals surface area contributed by atoms with Gasteiger partial charge in [-0.1, -0.05) is 6.92 Å². The molecule has 0 spiro atoms. The second-order valence-electron chi connectivity index (χ2n) is 0.510. The van der Waals surface area contributed by atoms with E-state index >= 15 is 0 Å². The first-order valence-corrected chi connectivity index (χ1v) is 7.21. The van der Waals surface area contributed by atoms with Crippen LogP contribution in [0.4, 0.5) is 0 Å². The van der Waals surface area contributed by atoms with Crippen LogP contribution in [-0.4, -0.2) is 5.75 Å². The summed E-state index contributed by atoms with van der Waals surface area (Å²) in [4.78, 5) is 0. The van der Waals surface area contributed by atoms with E-state index in [1.165, 1.54) is 5.75 Å². The summed E-state index contributed by atoms with van der Waals surface area (Å²) in [6.07, 6.45) is 0. The molecule has 0 aromatic heterocycles. The first-order valence-electron chi connectivity index (χ1n) is 1.39. The summed E-state index contributed by atoms with van der Waals surface area (Å²) < 4.78 is 0. The molecule has 0 N–H and O–H groups in total. The molecule has 0 nitrogen and oxygen atoms in total. The van der Waals surface area contributed by atoms with Crippen LogP contribution < -0.4 is 0 Å². The molecule has 0 amide bonds. The van der Waals surface area contributed by atoms with E-state index in [1.54, 1.807) is 0 Å². The van der Waals surface area contributed by atoms with E-state index in [-0.39, 0.29) is 0 Å². The van der Waals surface area contributed by atoms with E-state index in [1.807, 2.05) is 11.4 Å². The Morgan fingerprint density at radius 2 is 2.60 bits per heavy atom. The van der Waals surface area contributed by atoms with Crippen molar-refractivity contribution in [3.63, 3.8) is 0 Å². The lowest BCUT2D eigenvalue weighted by Gasteiger charge is -1.78. The molecule has 0 aromatic carbocycles. The van der Waals surface area contributed by atoms with Crippen molar-refractivity contribution < 1.29 is 0 Å². The topological polar surface area (TPSA) is 0 Å². The smallest absolute Gasteiger partial charge is 0.00406 e. The zero-order valence-electron chi connectivity index (χ0n) is 2.99. The molecule has 0 heterocycles. The van der Waals surface area contributed by atoms with Gasteiger partial charge in [0.05, 0.1) is 0 Å². The lowest BCUT2D eigenvalue weighted by atomic mass is 11.0. The summed E-state index contributed by atoms with van der Waals surface area (Å²) in [6.45, 7) is 2.18. The van der Waals surface area contributed by atoms with Gasteiger partial charge in [0.25, 0.3) is 0 Å². The van der Waals surface area contributed by atoms with Crippen LogP contribution >= 0.6 is 38.8 Å². The second-order valence-corrected chi connectivity index (χ2v) is 6.82. The minimum atomic E-state index is 1.04. The number of rotatable bonds is 2. The average Bonchev–Trinajstić information content (AvgIpc) is 1.41. The van der Waals surface area contributed by atoms with Crippen molar-refractivity contribution in [2.45, 2.75) is 6.92 Å². The average molecular weight is 220 g/mol.